The van der Waals surface area contributed by atoms with Gasteiger partial charge < -0.3 is 14.5 Å². The summed E-state index contributed by atoms with van der Waals surface area (Å²) < 4.78 is 11.2. The largest absolute Gasteiger partial charge is 0.497 e. The van der Waals surface area contributed by atoms with E-state index in [1.165, 1.54) is 0 Å². The van der Waals surface area contributed by atoms with E-state index in [1.807, 2.05) is 54.6 Å². The maximum absolute atomic E-state index is 12.6. The number of aromatic nitrogens is 2. The molecule has 6 heteroatoms. The van der Waals surface area contributed by atoms with Crippen molar-refractivity contribution < 1.29 is 9.47 Å². The Morgan fingerprint density at radius 1 is 1.06 bits per heavy atom. The number of hydrogen-bond acceptors (Lipinski definition) is 4. The lowest BCUT2D eigenvalue weighted by Crippen LogP contribution is -2.10. The van der Waals surface area contributed by atoms with Gasteiger partial charge in [0, 0.05) is 6.42 Å². The molecule has 0 saturated carbocycles. The number of ether oxygens (including phenoxy) is 2. The molecule has 0 spiro atoms. The molecular formula is C27H27ClN2O3. The number of methoxy groups -OCH3 is 1. The number of nitrogens with zero attached hydrogens (tertiary/aromatic N) is 1. The van der Waals surface area contributed by atoms with E-state index in [0.29, 0.717) is 34.1 Å². The van der Waals surface area contributed by atoms with E-state index in [4.69, 9.17) is 21.1 Å². The minimum Gasteiger partial charge on any atom is -0.497 e. The van der Waals surface area contributed by atoms with Crippen LogP contribution in [0.4, 0.5) is 0 Å². The average Bonchev–Trinajstić information content (AvgIpc) is 2.80. The van der Waals surface area contributed by atoms with Crippen LogP contribution in [0.2, 0.25) is 5.02 Å². The summed E-state index contributed by atoms with van der Waals surface area (Å²) in [5.41, 5.74) is 4.76. The van der Waals surface area contributed by atoms with Gasteiger partial charge in [0.1, 0.15) is 17.3 Å². The molecule has 5 nitrogen and oxygen atoms in total. The van der Waals surface area contributed by atoms with E-state index in [0.717, 1.165) is 34.4 Å². The molecule has 170 valence electrons. The summed E-state index contributed by atoms with van der Waals surface area (Å²) in [6, 6.07) is 17.6. The van der Waals surface area contributed by atoms with Gasteiger partial charge in [0.05, 0.1) is 29.6 Å². The SMILES string of the molecule is COc1ccc(CCOc2cc(-c3cc4c(=O)[nH]c(C)nc4cc3C(C)C)ccc2Cl)cc1. The van der Waals surface area contributed by atoms with Crippen LogP contribution in [0, 0.1) is 6.92 Å². The van der Waals surface area contributed by atoms with Gasteiger partial charge in [0.15, 0.2) is 0 Å². The van der Waals surface area contributed by atoms with Crippen molar-refractivity contribution in [3.05, 3.63) is 86.9 Å². The van der Waals surface area contributed by atoms with Crippen molar-refractivity contribution in [2.75, 3.05) is 13.7 Å². The van der Waals surface area contributed by atoms with Gasteiger partial charge in [-0.25, -0.2) is 4.98 Å². The highest BCUT2D eigenvalue weighted by molar-refractivity contribution is 6.32. The molecule has 0 aliphatic heterocycles. The third-order valence-corrected chi connectivity index (χ3v) is 5.98. The first-order valence-corrected chi connectivity index (χ1v) is 11.3. The topological polar surface area (TPSA) is 64.2 Å². The van der Waals surface area contributed by atoms with Gasteiger partial charge >= 0.3 is 0 Å². The summed E-state index contributed by atoms with van der Waals surface area (Å²) in [7, 11) is 1.65. The monoisotopic (exact) mass is 462 g/mol. The van der Waals surface area contributed by atoms with E-state index < -0.39 is 0 Å². The predicted molar refractivity (Wildman–Crippen MR) is 134 cm³/mol. The Morgan fingerprint density at radius 2 is 1.82 bits per heavy atom. The fourth-order valence-corrected chi connectivity index (χ4v) is 4.07. The molecule has 0 saturated heterocycles. The number of H-pyrrole nitrogens is 1. The van der Waals surface area contributed by atoms with Gasteiger partial charge in [0.25, 0.3) is 5.56 Å². The molecule has 4 aromatic rings. The number of hydrogen-bond donors (Lipinski definition) is 1. The van der Waals surface area contributed by atoms with Crippen molar-refractivity contribution in [2.24, 2.45) is 0 Å². The zero-order chi connectivity index (χ0) is 23.5. The first kappa shape index (κ1) is 22.9. The summed E-state index contributed by atoms with van der Waals surface area (Å²) >= 11 is 6.44. The van der Waals surface area contributed by atoms with Crippen LogP contribution in [0.15, 0.2) is 59.4 Å². The summed E-state index contributed by atoms with van der Waals surface area (Å²) in [5, 5.41) is 1.12. The molecule has 1 aromatic heterocycles. The number of aromatic amines is 1. The first-order valence-electron chi connectivity index (χ1n) is 11.0. The zero-order valence-corrected chi connectivity index (χ0v) is 20.0. The molecule has 0 radical (unpaired) electrons. The Hall–Kier alpha value is -3.31. The van der Waals surface area contributed by atoms with Crippen molar-refractivity contribution >= 4 is 22.5 Å². The van der Waals surface area contributed by atoms with Crippen LogP contribution >= 0.6 is 11.6 Å². The van der Waals surface area contributed by atoms with E-state index in [9.17, 15) is 4.79 Å². The van der Waals surface area contributed by atoms with Crippen LogP contribution in [0.25, 0.3) is 22.0 Å². The molecule has 0 aliphatic rings. The molecule has 0 amide bonds. The molecule has 0 unspecified atom stereocenters. The molecule has 33 heavy (non-hydrogen) atoms. The third kappa shape index (κ3) is 5.04. The van der Waals surface area contributed by atoms with Crippen LogP contribution in [0.1, 0.15) is 36.7 Å². The molecule has 4 rings (SSSR count). The molecule has 3 aromatic carbocycles. The van der Waals surface area contributed by atoms with Gasteiger partial charge in [-0.2, -0.15) is 0 Å². The smallest absolute Gasteiger partial charge is 0.258 e. The van der Waals surface area contributed by atoms with Crippen molar-refractivity contribution in [1.29, 1.82) is 0 Å². The Labute approximate surface area is 198 Å². The summed E-state index contributed by atoms with van der Waals surface area (Å²) in [5.74, 6) is 2.30. The zero-order valence-electron chi connectivity index (χ0n) is 19.2. The van der Waals surface area contributed by atoms with Crippen LogP contribution in [0.5, 0.6) is 11.5 Å². The Kier molecular flexibility index (Phi) is 6.70. The quantitative estimate of drug-likeness (QED) is 0.349. The summed E-state index contributed by atoms with van der Waals surface area (Å²) in [6.45, 7) is 6.55. The van der Waals surface area contributed by atoms with Crippen molar-refractivity contribution in [3.8, 4) is 22.6 Å². The maximum atomic E-state index is 12.6. The van der Waals surface area contributed by atoms with Gasteiger partial charge in [0.2, 0.25) is 0 Å². The lowest BCUT2D eigenvalue weighted by atomic mass is 9.91. The van der Waals surface area contributed by atoms with Gasteiger partial charge in [-0.05, 0) is 71.5 Å². The van der Waals surface area contributed by atoms with Crippen molar-refractivity contribution in [3.63, 3.8) is 0 Å². The van der Waals surface area contributed by atoms with Crippen molar-refractivity contribution in [2.45, 2.75) is 33.1 Å². The van der Waals surface area contributed by atoms with E-state index >= 15 is 0 Å². The second-order valence-corrected chi connectivity index (χ2v) is 8.76. The van der Waals surface area contributed by atoms with Gasteiger partial charge in [-0.15, -0.1) is 0 Å². The van der Waals surface area contributed by atoms with E-state index in [-0.39, 0.29) is 11.5 Å². The summed E-state index contributed by atoms with van der Waals surface area (Å²) in [6.07, 6.45) is 0.748. The molecule has 0 aliphatic carbocycles. The van der Waals surface area contributed by atoms with Gasteiger partial charge in [-0.1, -0.05) is 43.6 Å². The Balaban J connectivity index is 1.64. The lowest BCUT2D eigenvalue weighted by molar-refractivity contribution is 0.322. The van der Waals surface area contributed by atoms with Crippen LogP contribution in [0.3, 0.4) is 0 Å². The minimum absolute atomic E-state index is 0.140. The number of fused-ring (bicyclic) bond motifs is 1. The van der Waals surface area contributed by atoms with Crippen molar-refractivity contribution in [1.82, 2.24) is 9.97 Å². The second-order valence-electron chi connectivity index (χ2n) is 8.35. The number of halogens is 1. The molecule has 1 N–H and O–H groups in total. The lowest BCUT2D eigenvalue weighted by Gasteiger charge is -2.16. The fraction of sp³-hybridized carbons (Fsp3) is 0.259. The standard InChI is InChI=1S/C27H27ClN2O3/c1-16(2)21-15-25-23(27(31)30-17(3)29-25)14-22(21)19-7-10-24(28)26(13-19)33-12-11-18-5-8-20(32-4)9-6-18/h5-10,13-16H,11-12H2,1-4H3,(H,29,30,31). The van der Waals surface area contributed by atoms with E-state index in [2.05, 4.69) is 23.8 Å². The maximum Gasteiger partial charge on any atom is 0.258 e. The molecule has 0 bridgehead atoms. The molecule has 0 atom stereocenters. The third-order valence-electron chi connectivity index (χ3n) is 5.67. The second kappa shape index (κ2) is 9.67. The number of nitrogens with one attached hydrogen (secondary N) is 1. The Morgan fingerprint density at radius 3 is 2.52 bits per heavy atom. The fourth-order valence-electron chi connectivity index (χ4n) is 3.90. The molecular weight excluding hydrogens is 436 g/mol. The number of benzene rings is 3. The van der Waals surface area contributed by atoms with Crippen LogP contribution in [-0.4, -0.2) is 23.7 Å². The predicted octanol–water partition coefficient (Wildman–Crippen LogP) is 6.31. The highest BCUT2D eigenvalue weighted by Crippen LogP contribution is 2.36. The van der Waals surface area contributed by atoms with Crippen LogP contribution in [-0.2, 0) is 6.42 Å². The number of rotatable bonds is 7. The number of aryl methyl sites for hydroxylation is 1. The van der Waals surface area contributed by atoms with E-state index in [1.54, 1.807) is 14.0 Å². The normalized spacial score (nSPS) is 11.2. The average molecular weight is 463 g/mol. The Bertz CT molecular complexity index is 1340. The van der Waals surface area contributed by atoms with Crippen LogP contribution < -0.4 is 15.0 Å². The highest BCUT2D eigenvalue weighted by atomic mass is 35.5. The first-order chi connectivity index (χ1) is 15.9. The van der Waals surface area contributed by atoms with Gasteiger partial charge in [-0.3, -0.25) is 4.79 Å². The highest BCUT2D eigenvalue weighted by Gasteiger charge is 2.15. The molecule has 0 fully saturated rings. The molecule has 1 heterocycles. The summed E-state index contributed by atoms with van der Waals surface area (Å²) in [4.78, 5) is 19.9. The minimum atomic E-state index is -0.140.